The predicted molar refractivity (Wildman–Crippen MR) is 124 cm³/mol. The van der Waals surface area contributed by atoms with Crippen LogP contribution >= 0.6 is 0 Å². The molecule has 5 rings (SSSR count). The number of carbonyl (C=O) groups is 3. The van der Waals surface area contributed by atoms with Crippen LogP contribution in [0.3, 0.4) is 0 Å². The third-order valence-corrected chi connectivity index (χ3v) is 6.20. The first kappa shape index (κ1) is 20.9. The molecule has 1 fully saturated rings. The first-order chi connectivity index (χ1) is 16.1. The van der Waals surface area contributed by atoms with E-state index < -0.39 is 6.04 Å². The number of hydrogen-bond acceptors (Lipinski definition) is 4. The number of pyridine rings is 1. The van der Waals surface area contributed by atoms with E-state index in [9.17, 15) is 14.4 Å². The van der Waals surface area contributed by atoms with Gasteiger partial charge in [0, 0.05) is 31.0 Å². The lowest BCUT2D eigenvalue weighted by molar-refractivity contribution is -0.122. The fraction of sp³-hybridized carbons (Fsp3) is 0.231. The Bertz CT molecular complexity index is 1210. The molecule has 7 heteroatoms. The second kappa shape index (κ2) is 8.86. The molecule has 2 aliphatic rings. The van der Waals surface area contributed by atoms with Crippen LogP contribution in [0, 0.1) is 0 Å². The second-order valence-corrected chi connectivity index (χ2v) is 8.34. The van der Waals surface area contributed by atoms with Crippen LogP contribution in [0.4, 0.5) is 5.69 Å². The topological polar surface area (TPSA) is 82.6 Å². The standard InChI is InChI=1S/C26H24N4O3/c31-24(28-16-19-7-4-12-27-15-19)20-8-3-6-18(14-20)17-30-22-10-2-1-9-21(22)25(32)29-13-5-11-23(29)26(30)33/h1-4,6-10,12,14-15,23H,5,11,13,16-17H2,(H,28,31)/t23-/m1/s1. The summed E-state index contributed by atoms with van der Waals surface area (Å²) >= 11 is 0. The highest BCUT2D eigenvalue weighted by Gasteiger charge is 2.41. The molecule has 1 N–H and O–H groups in total. The van der Waals surface area contributed by atoms with Crippen molar-refractivity contribution in [3.63, 3.8) is 0 Å². The predicted octanol–water partition coefficient (Wildman–Crippen LogP) is 3.16. The van der Waals surface area contributed by atoms with Crippen LogP contribution < -0.4 is 10.2 Å². The van der Waals surface area contributed by atoms with E-state index >= 15 is 0 Å². The van der Waals surface area contributed by atoms with Gasteiger partial charge >= 0.3 is 0 Å². The van der Waals surface area contributed by atoms with E-state index in [1.54, 1.807) is 40.4 Å². The average molecular weight is 441 g/mol. The van der Waals surface area contributed by atoms with Crippen molar-refractivity contribution in [2.24, 2.45) is 0 Å². The molecule has 0 unspecified atom stereocenters. The highest BCUT2D eigenvalue weighted by Crippen LogP contribution is 2.33. The van der Waals surface area contributed by atoms with Gasteiger partial charge in [-0.25, -0.2) is 0 Å². The lowest BCUT2D eigenvalue weighted by Crippen LogP contribution is -2.44. The van der Waals surface area contributed by atoms with E-state index in [4.69, 9.17) is 0 Å². The Morgan fingerprint density at radius 2 is 1.88 bits per heavy atom. The molecule has 2 aliphatic heterocycles. The number of rotatable bonds is 5. The minimum Gasteiger partial charge on any atom is -0.348 e. The smallest absolute Gasteiger partial charge is 0.256 e. The summed E-state index contributed by atoms with van der Waals surface area (Å²) in [7, 11) is 0. The van der Waals surface area contributed by atoms with Crippen LogP contribution in [0.25, 0.3) is 0 Å². The van der Waals surface area contributed by atoms with Gasteiger partial charge in [0.2, 0.25) is 5.91 Å². The fourth-order valence-electron chi connectivity index (χ4n) is 4.55. The summed E-state index contributed by atoms with van der Waals surface area (Å²) in [6.07, 6.45) is 4.90. The minimum atomic E-state index is -0.434. The molecule has 3 amide bonds. The summed E-state index contributed by atoms with van der Waals surface area (Å²) in [6.45, 7) is 1.27. The number of nitrogens with zero attached hydrogens (tertiary/aromatic N) is 3. The molecule has 2 aromatic carbocycles. The molecule has 1 aromatic heterocycles. The van der Waals surface area contributed by atoms with Gasteiger partial charge in [-0.05, 0) is 54.3 Å². The first-order valence-electron chi connectivity index (χ1n) is 11.1. The van der Waals surface area contributed by atoms with Crippen LogP contribution in [0.2, 0.25) is 0 Å². The maximum atomic E-state index is 13.5. The Labute approximate surface area is 192 Å². The van der Waals surface area contributed by atoms with Crippen molar-refractivity contribution in [3.05, 3.63) is 95.3 Å². The molecule has 1 atom stereocenters. The molecule has 0 bridgehead atoms. The first-order valence-corrected chi connectivity index (χ1v) is 11.1. The summed E-state index contributed by atoms with van der Waals surface area (Å²) in [5, 5.41) is 2.91. The summed E-state index contributed by atoms with van der Waals surface area (Å²) < 4.78 is 0. The lowest BCUT2D eigenvalue weighted by atomic mass is 10.1. The highest BCUT2D eigenvalue weighted by atomic mass is 16.2. The van der Waals surface area contributed by atoms with Gasteiger partial charge in [0.25, 0.3) is 11.8 Å². The van der Waals surface area contributed by atoms with Crippen LogP contribution in [0.1, 0.15) is 44.7 Å². The molecule has 166 valence electrons. The molecule has 0 spiro atoms. The van der Waals surface area contributed by atoms with Gasteiger partial charge in [-0.2, -0.15) is 0 Å². The number of aromatic nitrogens is 1. The molecule has 33 heavy (non-hydrogen) atoms. The Balaban J connectivity index is 1.39. The van der Waals surface area contributed by atoms with Crippen molar-refractivity contribution in [2.75, 3.05) is 11.4 Å². The fourth-order valence-corrected chi connectivity index (χ4v) is 4.55. The van der Waals surface area contributed by atoms with E-state index in [1.165, 1.54) is 0 Å². The van der Waals surface area contributed by atoms with Gasteiger partial charge in [0.15, 0.2) is 0 Å². The molecular weight excluding hydrogens is 416 g/mol. The third-order valence-electron chi connectivity index (χ3n) is 6.20. The molecule has 7 nitrogen and oxygen atoms in total. The number of hydrogen-bond donors (Lipinski definition) is 1. The Morgan fingerprint density at radius 1 is 1.03 bits per heavy atom. The van der Waals surface area contributed by atoms with Crippen molar-refractivity contribution in [1.82, 2.24) is 15.2 Å². The molecule has 0 saturated carbocycles. The largest absolute Gasteiger partial charge is 0.348 e. The van der Waals surface area contributed by atoms with E-state index in [2.05, 4.69) is 10.3 Å². The number of amides is 3. The van der Waals surface area contributed by atoms with E-state index in [1.807, 2.05) is 42.5 Å². The number of nitrogens with one attached hydrogen (secondary N) is 1. The number of carbonyl (C=O) groups excluding carboxylic acids is 3. The summed E-state index contributed by atoms with van der Waals surface area (Å²) in [4.78, 5) is 46.7. The highest BCUT2D eigenvalue weighted by molar-refractivity contribution is 6.11. The maximum absolute atomic E-state index is 13.5. The molecular formula is C26H24N4O3. The molecule has 1 saturated heterocycles. The summed E-state index contributed by atoms with van der Waals surface area (Å²) in [5.74, 6) is -0.356. The Morgan fingerprint density at radius 3 is 2.73 bits per heavy atom. The molecule has 3 aromatic rings. The summed E-state index contributed by atoms with van der Waals surface area (Å²) in [5.41, 5.74) is 3.42. The van der Waals surface area contributed by atoms with Gasteiger partial charge in [-0.3, -0.25) is 19.4 Å². The Kier molecular flexibility index (Phi) is 5.60. The van der Waals surface area contributed by atoms with Crippen molar-refractivity contribution >= 4 is 23.4 Å². The van der Waals surface area contributed by atoms with E-state index in [0.29, 0.717) is 36.3 Å². The lowest BCUT2D eigenvalue weighted by Gasteiger charge is -2.26. The number of benzene rings is 2. The van der Waals surface area contributed by atoms with Crippen molar-refractivity contribution in [2.45, 2.75) is 32.0 Å². The van der Waals surface area contributed by atoms with E-state index in [-0.39, 0.29) is 24.3 Å². The molecule has 0 radical (unpaired) electrons. The SMILES string of the molecule is O=C(NCc1cccnc1)c1cccc(CN2C(=O)[C@H]3CCCN3C(=O)c3ccccc32)c1. The summed E-state index contributed by atoms with van der Waals surface area (Å²) in [6, 6.07) is 17.8. The van der Waals surface area contributed by atoms with Gasteiger partial charge in [0.1, 0.15) is 6.04 Å². The zero-order chi connectivity index (χ0) is 22.8. The zero-order valence-electron chi connectivity index (χ0n) is 18.1. The van der Waals surface area contributed by atoms with Crippen LogP contribution in [-0.4, -0.2) is 40.2 Å². The van der Waals surface area contributed by atoms with Crippen molar-refractivity contribution < 1.29 is 14.4 Å². The Hall–Kier alpha value is -4.00. The van der Waals surface area contributed by atoms with Crippen molar-refractivity contribution in [3.8, 4) is 0 Å². The third kappa shape index (κ3) is 4.09. The quantitative estimate of drug-likeness (QED) is 0.661. The second-order valence-electron chi connectivity index (χ2n) is 8.34. The van der Waals surface area contributed by atoms with Gasteiger partial charge in [-0.1, -0.05) is 30.3 Å². The van der Waals surface area contributed by atoms with Gasteiger partial charge < -0.3 is 15.1 Å². The van der Waals surface area contributed by atoms with Gasteiger partial charge in [-0.15, -0.1) is 0 Å². The molecule has 3 heterocycles. The number of anilines is 1. The minimum absolute atomic E-state index is 0.0720. The van der Waals surface area contributed by atoms with Gasteiger partial charge in [0.05, 0.1) is 17.8 Å². The number of fused-ring (bicyclic) bond motifs is 2. The molecule has 0 aliphatic carbocycles. The van der Waals surface area contributed by atoms with Crippen LogP contribution in [0.5, 0.6) is 0 Å². The number of para-hydroxylation sites is 1. The maximum Gasteiger partial charge on any atom is 0.256 e. The van der Waals surface area contributed by atoms with Crippen LogP contribution in [0.15, 0.2) is 73.1 Å². The van der Waals surface area contributed by atoms with Crippen LogP contribution in [-0.2, 0) is 17.9 Å². The monoisotopic (exact) mass is 440 g/mol. The average Bonchev–Trinajstić information content (AvgIpc) is 3.33. The van der Waals surface area contributed by atoms with E-state index in [0.717, 1.165) is 17.5 Å². The normalized spacial score (nSPS) is 17.4. The zero-order valence-corrected chi connectivity index (χ0v) is 18.1. The van der Waals surface area contributed by atoms with Crippen molar-refractivity contribution in [1.29, 1.82) is 0 Å².